The number of anilines is 1. The van der Waals surface area contributed by atoms with Crippen molar-refractivity contribution in [2.45, 2.75) is 19.1 Å². The van der Waals surface area contributed by atoms with Crippen molar-refractivity contribution in [1.82, 2.24) is 0 Å². The Hall–Kier alpha value is -2.53. The maximum atomic E-state index is 13.1. The summed E-state index contributed by atoms with van der Waals surface area (Å²) in [5.41, 5.74) is 1.78. The largest absolute Gasteiger partial charge is 0.497 e. The lowest BCUT2D eigenvalue weighted by Crippen LogP contribution is -2.31. The minimum atomic E-state index is -0.287. The number of nitrogens with zero attached hydrogens (tertiary/aromatic N) is 1. The summed E-state index contributed by atoms with van der Waals surface area (Å²) >= 11 is 1.43. The standard InChI is InChI=1S/C20H19NO3S/c1-13(2)25-18-17(14-7-5-4-6-8-14)19(22)21(20(18)23)15-9-11-16(24-3)12-10-15/h4-13H,1-3H3. The molecule has 0 atom stereocenters. The van der Waals surface area contributed by atoms with Gasteiger partial charge in [-0.3, -0.25) is 9.59 Å². The third kappa shape index (κ3) is 3.33. The first-order valence-corrected chi connectivity index (χ1v) is 8.90. The number of benzene rings is 2. The van der Waals surface area contributed by atoms with Crippen LogP contribution in [-0.2, 0) is 9.59 Å². The lowest BCUT2D eigenvalue weighted by molar-refractivity contribution is -0.119. The van der Waals surface area contributed by atoms with E-state index in [0.717, 1.165) is 5.56 Å². The van der Waals surface area contributed by atoms with Crippen LogP contribution in [0, 0.1) is 0 Å². The van der Waals surface area contributed by atoms with Crippen molar-refractivity contribution in [2.75, 3.05) is 12.0 Å². The fourth-order valence-electron chi connectivity index (χ4n) is 2.68. The van der Waals surface area contributed by atoms with Crippen molar-refractivity contribution in [2.24, 2.45) is 0 Å². The van der Waals surface area contributed by atoms with Gasteiger partial charge in [0, 0.05) is 5.25 Å². The molecule has 0 fully saturated rings. The molecule has 128 valence electrons. The Morgan fingerprint density at radius 3 is 2.12 bits per heavy atom. The Morgan fingerprint density at radius 1 is 0.920 bits per heavy atom. The van der Waals surface area contributed by atoms with E-state index in [-0.39, 0.29) is 17.1 Å². The van der Waals surface area contributed by atoms with Gasteiger partial charge in [-0.1, -0.05) is 44.2 Å². The van der Waals surface area contributed by atoms with Crippen LogP contribution in [-0.4, -0.2) is 24.2 Å². The molecule has 2 aromatic carbocycles. The molecule has 1 heterocycles. The Balaban J connectivity index is 2.05. The predicted molar refractivity (Wildman–Crippen MR) is 102 cm³/mol. The smallest absolute Gasteiger partial charge is 0.272 e. The van der Waals surface area contributed by atoms with E-state index in [1.807, 2.05) is 44.2 Å². The minimum absolute atomic E-state index is 0.196. The second-order valence-electron chi connectivity index (χ2n) is 5.88. The first-order chi connectivity index (χ1) is 12.0. The molecule has 0 aliphatic carbocycles. The van der Waals surface area contributed by atoms with Gasteiger partial charge < -0.3 is 4.74 Å². The van der Waals surface area contributed by atoms with Crippen molar-refractivity contribution in [1.29, 1.82) is 0 Å². The normalized spacial score (nSPS) is 14.6. The average molecular weight is 353 g/mol. The molecule has 1 aliphatic heterocycles. The molecule has 0 bridgehead atoms. The second kappa shape index (κ2) is 7.15. The first-order valence-electron chi connectivity index (χ1n) is 8.02. The molecule has 1 aliphatic rings. The van der Waals surface area contributed by atoms with E-state index in [1.54, 1.807) is 31.4 Å². The van der Waals surface area contributed by atoms with Crippen LogP contribution in [0.3, 0.4) is 0 Å². The molecule has 3 rings (SSSR count). The Kier molecular flexibility index (Phi) is 4.95. The number of amides is 2. The van der Waals surface area contributed by atoms with Crippen LogP contribution < -0.4 is 9.64 Å². The van der Waals surface area contributed by atoms with Crippen LogP contribution in [0.4, 0.5) is 5.69 Å². The minimum Gasteiger partial charge on any atom is -0.497 e. The predicted octanol–water partition coefficient (Wildman–Crippen LogP) is 4.12. The number of hydrogen-bond donors (Lipinski definition) is 0. The maximum Gasteiger partial charge on any atom is 0.272 e. The number of methoxy groups -OCH3 is 1. The molecule has 0 unspecified atom stereocenters. The lowest BCUT2D eigenvalue weighted by atomic mass is 10.1. The summed E-state index contributed by atoms with van der Waals surface area (Å²) in [7, 11) is 1.58. The summed E-state index contributed by atoms with van der Waals surface area (Å²) in [5, 5.41) is 0.196. The van der Waals surface area contributed by atoms with E-state index >= 15 is 0 Å². The summed E-state index contributed by atoms with van der Waals surface area (Å²) in [5.74, 6) is 0.119. The average Bonchev–Trinajstić information content (AvgIpc) is 2.85. The van der Waals surface area contributed by atoms with Gasteiger partial charge in [-0.25, -0.2) is 4.90 Å². The van der Waals surface area contributed by atoms with Crippen LogP contribution in [0.5, 0.6) is 5.75 Å². The number of rotatable bonds is 5. The Bertz CT molecular complexity index is 826. The van der Waals surface area contributed by atoms with Gasteiger partial charge in [-0.2, -0.15) is 0 Å². The van der Waals surface area contributed by atoms with E-state index in [9.17, 15) is 9.59 Å². The van der Waals surface area contributed by atoms with Gasteiger partial charge in [0.2, 0.25) is 0 Å². The number of carbonyl (C=O) groups excluding carboxylic acids is 2. The number of hydrogen-bond acceptors (Lipinski definition) is 4. The summed E-state index contributed by atoms with van der Waals surface area (Å²) in [6.45, 7) is 4.02. The zero-order valence-corrected chi connectivity index (χ0v) is 15.2. The fraction of sp³-hybridized carbons (Fsp3) is 0.200. The van der Waals surface area contributed by atoms with Gasteiger partial charge in [0.05, 0.1) is 23.3 Å². The number of ether oxygens (including phenoxy) is 1. The molecule has 0 spiro atoms. The number of carbonyl (C=O) groups is 2. The highest BCUT2D eigenvalue weighted by atomic mass is 32.2. The molecule has 5 heteroatoms. The molecule has 2 amide bonds. The highest BCUT2D eigenvalue weighted by Gasteiger charge is 2.40. The van der Waals surface area contributed by atoms with Crippen molar-refractivity contribution < 1.29 is 14.3 Å². The van der Waals surface area contributed by atoms with Gasteiger partial charge in [0.15, 0.2) is 0 Å². The van der Waals surface area contributed by atoms with E-state index in [1.165, 1.54) is 16.7 Å². The van der Waals surface area contributed by atoms with Gasteiger partial charge in [-0.15, -0.1) is 11.8 Å². The van der Waals surface area contributed by atoms with Gasteiger partial charge in [0.1, 0.15) is 5.75 Å². The monoisotopic (exact) mass is 353 g/mol. The van der Waals surface area contributed by atoms with E-state index in [0.29, 0.717) is 21.9 Å². The molecule has 0 aromatic heterocycles. The number of imide groups is 1. The van der Waals surface area contributed by atoms with E-state index < -0.39 is 0 Å². The highest BCUT2D eigenvalue weighted by Crippen LogP contribution is 2.40. The van der Waals surface area contributed by atoms with Gasteiger partial charge in [-0.05, 0) is 29.8 Å². The summed E-state index contributed by atoms with van der Waals surface area (Å²) in [6, 6.07) is 16.3. The lowest BCUT2D eigenvalue weighted by Gasteiger charge is -2.15. The van der Waals surface area contributed by atoms with Crippen LogP contribution in [0.25, 0.3) is 5.57 Å². The highest BCUT2D eigenvalue weighted by molar-refractivity contribution is 8.04. The molecule has 2 aromatic rings. The Morgan fingerprint density at radius 2 is 1.56 bits per heavy atom. The van der Waals surface area contributed by atoms with Crippen molar-refractivity contribution in [3.8, 4) is 5.75 Å². The van der Waals surface area contributed by atoms with Crippen LogP contribution >= 0.6 is 11.8 Å². The molecule has 25 heavy (non-hydrogen) atoms. The third-order valence-electron chi connectivity index (χ3n) is 3.79. The summed E-state index contributed by atoms with van der Waals surface area (Å²) in [4.78, 5) is 27.8. The topological polar surface area (TPSA) is 46.6 Å². The SMILES string of the molecule is COc1ccc(N2C(=O)C(SC(C)C)=C(c3ccccc3)C2=O)cc1. The van der Waals surface area contributed by atoms with Crippen molar-refractivity contribution in [3.05, 3.63) is 65.1 Å². The Labute approximate surface area is 151 Å². The van der Waals surface area contributed by atoms with Crippen LogP contribution in [0.1, 0.15) is 19.4 Å². The molecule has 0 N–H and O–H groups in total. The van der Waals surface area contributed by atoms with E-state index in [4.69, 9.17) is 4.74 Å². The van der Waals surface area contributed by atoms with Gasteiger partial charge >= 0.3 is 0 Å². The van der Waals surface area contributed by atoms with Crippen LogP contribution in [0.2, 0.25) is 0 Å². The molecular weight excluding hydrogens is 334 g/mol. The number of thioether (sulfide) groups is 1. The third-order valence-corrected chi connectivity index (χ3v) is 4.87. The zero-order chi connectivity index (χ0) is 18.0. The maximum absolute atomic E-state index is 13.1. The second-order valence-corrected chi connectivity index (χ2v) is 7.47. The summed E-state index contributed by atoms with van der Waals surface area (Å²) < 4.78 is 5.15. The van der Waals surface area contributed by atoms with Crippen molar-refractivity contribution in [3.63, 3.8) is 0 Å². The zero-order valence-electron chi connectivity index (χ0n) is 14.4. The quantitative estimate of drug-likeness (QED) is 0.759. The molecule has 0 saturated carbocycles. The van der Waals surface area contributed by atoms with Crippen molar-refractivity contribution >= 4 is 34.8 Å². The van der Waals surface area contributed by atoms with E-state index in [2.05, 4.69) is 0 Å². The first kappa shape index (κ1) is 17.3. The van der Waals surface area contributed by atoms with Crippen LogP contribution in [0.15, 0.2) is 59.5 Å². The molecule has 4 nitrogen and oxygen atoms in total. The molecular formula is C20H19NO3S. The molecule has 0 radical (unpaired) electrons. The van der Waals surface area contributed by atoms with Gasteiger partial charge in [0.25, 0.3) is 11.8 Å². The fourth-order valence-corrected chi connectivity index (χ4v) is 3.67. The molecule has 0 saturated heterocycles. The summed E-state index contributed by atoms with van der Waals surface area (Å²) in [6.07, 6.45) is 0.